The van der Waals surface area contributed by atoms with E-state index < -0.39 is 24.7 Å². The van der Waals surface area contributed by atoms with Gasteiger partial charge in [-0.05, 0) is 35.4 Å². The van der Waals surface area contributed by atoms with Crippen LogP contribution in [0.4, 0.5) is 0 Å². The van der Waals surface area contributed by atoms with Gasteiger partial charge in [0, 0.05) is 39.8 Å². The lowest BCUT2D eigenvalue weighted by molar-refractivity contribution is 0.198. The van der Waals surface area contributed by atoms with E-state index in [1.807, 2.05) is 48.5 Å². The molecule has 0 saturated carbocycles. The van der Waals surface area contributed by atoms with Crippen molar-refractivity contribution in [2.75, 3.05) is 18.1 Å². The molecule has 1 aliphatic heterocycles. The Hall–Kier alpha value is -1.76. The second kappa shape index (κ2) is 10.5. The summed E-state index contributed by atoms with van der Waals surface area (Å²) in [6.07, 6.45) is -0.327. The fourth-order valence-corrected chi connectivity index (χ4v) is 6.18. The molecule has 2 aromatic rings. The van der Waals surface area contributed by atoms with Crippen LogP contribution >= 0.6 is 7.82 Å². The molecule has 0 aromatic heterocycles. The van der Waals surface area contributed by atoms with E-state index in [0.717, 1.165) is 16.7 Å². The van der Waals surface area contributed by atoms with E-state index in [9.17, 15) is 13.9 Å². The van der Waals surface area contributed by atoms with Crippen LogP contribution < -0.4 is 4.43 Å². The first-order chi connectivity index (χ1) is 14.3. The van der Waals surface area contributed by atoms with Gasteiger partial charge < -0.3 is 19.3 Å². The molecule has 1 unspecified atom stereocenters. The normalized spacial score (nSPS) is 21.1. The van der Waals surface area contributed by atoms with E-state index in [0.29, 0.717) is 17.3 Å². The van der Waals surface area contributed by atoms with Crippen molar-refractivity contribution in [2.45, 2.75) is 18.1 Å². The summed E-state index contributed by atoms with van der Waals surface area (Å²) >= 11 is 0. The van der Waals surface area contributed by atoms with E-state index >= 15 is 0 Å². The van der Waals surface area contributed by atoms with Crippen LogP contribution in [0.1, 0.15) is 12.0 Å². The number of hydrogen-bond donors (Lipinski definition) is 3. The summed E-state index contributed by atoms with van der Waals surface area (Å²) in [7, 11) is -5.31. The number of hydrogen-bond acceptors (Lipinski definition) is 5. The topological polar surface area (TPSA) is 113 Å². The Bertz CT molecular complexity index is 979. The third-order valence-corrected chi connectivity index (χ3v) is 7.81. The predicted octanol–water partition coefficient (Wildman–Crippen LogP) is 2.11. The number of rotatable bonds is 7. The van der Waals surface area contributed by atoms with Crippen LogP contribution in [0.3, 0.4) is 0 Å². The fraction of sp³-hybridized carbons (Fsp3) is 0.300. The molecular formula is C20H21O7PSSi. The quantitative estimate of drug-likeness (QED) is 0.249. The van der Waals surface area contributed by atoms with E-state index in [1.165, 1.54) is 0 Å². The van der Waals surface area contributed by atoms with Gasteiger partial charge in [-0.2, -0.15) is 0 Å². The van der Waals surface area contributed by atoms with Crippen molar-refractivity contribution in [2.24, 2.45) is 0 Å². The maximum atomic E-state index is 11.5. The molecule has 30 heavy (non-hydrogen) atoms. The lowest BCUT2D eigenvalue weighted by Crippen LogP contribution is -2.22. The van der Waals surface area contributed by atoms with Gasteiger partial charge >= 0.3 is 17.6 Å². The highest BCUT2D eigenvalue weighted by Crippen LogP contribution is 2.35. The van der Waals surface area contributed by atoms with Gasteiger partial charge in [0.25, 0.3) is 0 Å². The average Bonchev–Trinajstić information content (AvgIpc) is 3.03. The van der Waals surface area contributed by atoms with Gasteiger partial charge in [-0.1, -0.05) is 36.1 Å². The molecule has 3 rings (SSSR count). The molecule has 0 amide bonds. The minimum absolute atomic E-state index is 0.0671. The van der Waals surface area contributed by atoms with Crippen molar-refractivity contribution in [1.82, 2.24) is 0 Å². The van der Waals surface area contributed by atoms with Crippen molar-refractivity contribution >= 4 is 28.4 Å². The number of phosphoric ester groups is 1. The molecule has 0 spiro atoms. The molecule has 1 fully saturated rings. The zero-order valence-corrected chi connectivity index (χ0v) is 18.6. The predicted molar refractivity (Wildman–Crippen MR) is 115 cm³/mol. The number of aliphatic hydroxyl groups excluding tert-OH is 1. The molecule has 10 heteroatoms. The molecule has 0 aliphatic carbocycles. The average molecular weight is 465 g/mol. The molecule has 1 heterocycles. The first kappa shape index (κ1) is 22.9. The largest absolute Gasteiger partial charge is 0.540 e. The molecule has 0 bridgehead atoms. The van der Waals surface area contributed by atoms with Gasteiger partial charge in [-0.25, -0.2) is 4.57 Å². The second-order valence-corrected chi connectivity index (χ2v) is 10.6. The van der Waals surface area contributed by atoms with Crippen LogP contribution in [0.5, 0.6) is 5.75 Å². The fourth-order valence-electron chi connectivity index (χ4n) is 2.78. The summed E-state index contributed by atoms with van der Waals surface area (Å²) in [6, 6.07) is 15.3. The number of phosphoric acid groups is 1. The van der Waals surface area contributed by atoms with Crippen LogP contribution in [0.25, 0.3) is 11.1 Å². The van der Waals surface area contributed by atoms with Crippen LogP contribution in [0, 0.1) is 11.8 Å². The zero-order chi connectivity index (χ0) is 21.6. The van der Waals surface area contributed by atoms with Crippen LogP contribution in [-0.4, -0.2) is 53.1 Å². The third kappa shape index (κ3) is 7.18. The van der Waals surface area contributed by atoms with Gasteiger partial charge in [-0.3, -0.25) is 8.73 Å². The Kier molecular flexibility index (Phi) is 8.03. The lowest BCUT2D eigenvalue weighted by atomic mass is 10.0. The van der Waals surface area contributed by atoms with E-state index in [4.69, 9.17) is 14.2 Å². The Labute approximate surface area is 180 Å². The Balaban J connectivity index is 1.51. The first-order valence-electron chi connectivity index (χ1n) is 9.15. The first-order valence-corrected chi connectivity index (χ1v) is 13.2. The van der Waals surface area contributed by atoms with Gasteiger partial charge in [0.2, 0.25) is 0 Å². The summed E-state index contributed by atoms with van der Waals surface area (Å²) in [5.41, 5.74) is 2.76. The molecule has 7 nitrogen and oxygen atoms in total. The Morgan fingerprint density at radius 2 is 1.70 bits per heavy atom. The lowest BCUT2D eigenvalue weighted by Gasteiger charge is -2.12. The van der Waals surface area contributed by atoms with Crippen LogP contribution in [0.15, 0.2) is 48.5 Å². The highest BCUT2D eigenvalue weighted by molar-refractivity contribution is 7.85. The summed E-state index contributed by atoms with van der Waals surface area (Å²) in [5.74, 6) is 7.27. The van der Waals surface area contributed by atoms with Gasteiger partial charge in [-0.15, -0.1) is 0 Å². The van der Waals surface area contributed by atoms with Crippen LogP contribution in [-0.2, 0) is 19.9 Å². The Morgan fingerprint density at radius 3 is 2.27 bits per heavy atom. The monoisotopic (exact) mass is 464 g/mol. The summed E-state index contributed by atoms with van der Waals surface area (Å²) in [6.45, 7) is -0.123. The Morgan fingerprint density at radius 1 is 1.07 bits per heavy atom. The van der Waals surface area contributed by atoms with E-state index in [2.05, 4.69) is 16.4 Å². The summed E-state index contributed by atoms with van der Waals surface area (Å²) in [4.78, 5) is 17.2. The smallest absolute Gasteiger partial charge is 0.469 e. The van der Waals surface area contributed by atoms with Crippen molar-refractivity contribution in [1.29, 1.82) is 0 Å². The molecule has 1 aliphatic rings. The molecule has 2 radical (unpaired) electrons. The zero-order valence-electron chi connectivity index (χ0n) is 15.9. The van der Waals surface area contributed by atoms with Gasteiger partial charge in [0.1, 0.15) is 5.75 Å². The van der Waals surface area contributed by atoms with Gasteiger partial charge in [0.15, 0.2) is 0 Å². The number of benzene rings is 2. The molecule has 3 atom stereocenters. The molecule has 3 N–H and O–H groups in total. The van der Waals surface area contributed by atoms with Crippen molar-refractivity contribution in [3.63, 3.8) is 0 Å². The van der Waals surface area contributed by atoms with E-state index in [1.54, 1.807) is 0 Å². The summed E-state index contributed by atoms with van der Waals surface area (Å²) in [5, 5.41) is 9.85. The van der Waals surface area contributed by atoms with Crippen molar-refractivity contribution in [3.8, 4) is 28.7 Å². The highest BCUT2D eigenvalue weighted by Gasteiger charge is 2.32. The third-order valence-electron chi connectivity index (χ3n) is 4.31. The maximum absolute atomic E-state index is 11.5. The SMILES string of the molecule is O=S1C[C@@H](O)[C@H]([Si]Oc2ccc(-c3ccc(C#CCCOP(=O)(O)O)cc3)cc2)C1. The maximum Gasteiger partial charge on any atom is 0.469 e. The second-order valence-electron chi connectivity index (χ2n) is 6.64. The van der Waals surface area contributed by atoms with Crippen molar-refractivity contribution in [3.05, 3.63) is 54.1 Å². The standard InChI is InChI=1S/C20H21O7PSSi/c21-19-13-29(25)14-20(19)30-27-18-10-8-17(9-11-18)16-6-4-15(5-7-16)3-1-2-12-26-28(22,23)24/h4-11,19-21H,2,12-14H2,(H2,22,23,24)/t19-,20-,29?/m1/s1. The van der Waals surface area contributed by atoms with Crippen LogP contribution in [0.2, 0.25) is 5.54 Å². The minimum Gasteiger partial charge on any atom is -0.540 e. The minimum atomic E-state index is -4.44. The number of aliphatic hydroxyl groups is 1. The molecular weight excluding hydrogens is 443 g/mol. The molecule has 1 saturated heterocycles. The highest BCUT2D eigenvalue weighted by atomic mass is 32.2. The van der Waals surface area contributed by atoms with E-state index in [-0.39, 0.29) is 28.3 Å². The molecule has 2 aromatic carbocycles. The molecule has 158 valence electrons. The van der Waals surface area contributed by atoms with Crippen molar-refractivity contribution < 1.29 is 32.6 Å². The summed E-state index contributed by atoms with van der Waals surface area (Å²) < 4.78 is 32.2. The van der Waals surface area contributed by atoms with Gasteiger partial charge in [0.05, 0.1) is 12.7 Å².